The fraction of sp³-hybridized carbons (Fsp3) is 0.353. The number of ether oxygens (including phenoxy) is 1. The number of rotatable bonds is 4. The summed E-state index contributed by atoms with van der Waals surface area (Å²) in [6.07, 6.45) is 1.48. The number of amides is 1. The van der Waals surface area contributed by atoms with E-state index in [1.165, 1.54) is 6.26 Å². The molecule has 1 aliphatic rings. The van der Waals surface area contributed by atoms with Gasteiger partial charge < -0.3 is 24.3 Å². The van der Waals surface area contributed by atoms with E-state index < -0.39 is 0 Å². The summed E-state index contributed by atoms with van der Waals surface area (Å²) >= 11 is 3.54. The Balaban J connectivity index is 1.87. The van der Waals surface area contributed by atoms with E-state index in [1.54, 1.807) is 19.2 Å². The van der Waals surface area contributed by atoms with Crippen LogP contribution < -0.4 is 15.0 Å². The minimum atomic E-state index is -0.276. The molecule has 0 aliphatic carbocycles. The first-order valence-electron chi connectivity index (χ1n) is 7.74. The van der Waals surface area contributed by atoms with Crippen molar-refractivity contribution in [1.29, 1.82) is 0 Å². The molecule has 1 aliphatic heterocycles. The first kappa shape index (κ1) is 16.9. The molecular weight excluding hydrogens is 374 g/mol. The SMILES string of the molecule is COc1c(Br)cc(NC(=O)c2ccco2)cc1N1CCN(C)CC1. The number of methoxy groups -OCH3 is 1. The van der Waals surface area contributed by atoms with Gasteiger partial charge in [-0.2, -0.15) is 0 Å². The Hall–Kier alpha value is -1.99. The van der Waals surface area contributed by atoms with Crippen molar-refractivity contribution in [1.82, 2.24) is 4.90 Å². The van der Waals surface area contributed by atoms with E-state index in [0.29, 0.717) is 5.69 Å². The molecule has 1 saturated heterocycles. The first-order chi connectivity index (χ1) is 11.6. The number of hydrogen-bond donors (Lipinski definition) is 1. The molecule has 0 bridgehead atoms. The van der Waals surface area contributed by atoms with E-state index in [0.717, 1.165) is 42.1 Å². The molecule has 1 aromatic carbocycles. The molecule has 1 N–H and O–H groups in total. The number of nitrogens with one attached hydrogen (secondary N) is 1. The predicted molar refractivity (Wildman–Crippen MR) is 97.1 cm³/mol. The van der Waals surface area contributed by atoms with E-state index in [-0.39, 0.29) is 11.7 Å². The molecule has 1 aromatic heterocycles. The molecule has 7 heteroatoms. The molecule has 0 unspecified atom stereocenters. The summed E-state index contributed by atoms with van der Waals surface area (Å²) in [5, 5.41) is 2.87. The number of piperazine rings is 1. The van der Waals surface area contributed by atoms with E-state index in [4.69, 9.17) is 9.15 Å². The van der Waals surface area contributed by atoms with Crippen LogP contribution in [0.4, 0.5) is 11.4 Å². The van der Waals surface area contributed by atoms with Gasteiger partial charge in [-0.15, -0.1) is 0 Å². The summed E-state index contributed by atoms with van der Waals surface area (Å²) in [6, 6.07) is 7.10. The lowest BCUT2D eigenvalue weighted by Crippen LogP contribution is -2.44. The lowest BCUT2D eigenvalue weighted by Gasteiger charge is -2.35. The van der Waals surface area contributed by atoms with Crippen LogP contribution in [-0.2, 0) is 0 Å². The first-order valence-corrected chi connectivity index (χ1v) is 8.53. The number of halogens is 1. The predicted octanol–water partition coefficient (Wildman–Crippen LogP) is 3.05. The number of nitrogens with zero attached hydrogens (tertiary/aromatic N) is 2. The zero-order valence-corrected chi connectivity index (χ0v) is 15.3. The summed E-state index contributed by atoms with van der Waals surface area (Å²) in [5.74, 6) is 0.778. The van der Waals surface area contributed by atoms with Gasteiger partial charge in [0.2, 0.25) is 0 Å². The molecule has 2 heterocycles. The Kier molecular flexibility index (Phi) is 5.11. The van der Waals surface area contributed by atoms with Gasteiger partial charge in [0, 0.05) is 31.9 Å². The van der Waals surface area contributed by atoms with Crippen LogP contribution in [0.3, 0.4) is 0 Å². The molecule has 0 spiro atoms. The Morgan fingerprint density at radius 3 is 2.67 bits per heavy atom. The zero-order chi connectivity index (χ0) is 17.1. The normalized spacial score (nSPS) is 15.4. The number of likely N-dealkylation sites (N-methyl/N-ethyl adjacent to an activating group) is 1. The van der Waals surface area contributed by atoms with E-state index in [2.05, 4.69) is 38.1 Å². The minimum absolute atomic E-state index is 0.276. The Morgan fingerprint density at radius 1 is 1.29 bits per heavy atom. The molecule has 0 atom stereocenters. The van der Waals surface area contributed by atoms with Crippen LogP contribution >= 0.6 is 15.9 Å². The minimum Gasteiger partial charge on any atom is -0.493 e. The van der Waals surface area contributed by atoms with Crippen molar-refractivity contribution < 1.29 is 13.9 Å². The molecule has 1 amide bonds. The van der Waals surface area contributed by atoms with Gasteiger partial charge in [-0.3, -0.25) is 4.79 Å². The monoisotopic (exact) mass is 393 g/mol. The molecule has 3 rings (SSSR count). The maximum Gasteiger partial charge on any atom is 0.291 e. The molecular formula is C17H20BrN3O3. The summed E-state index contributed by atoms with van der Waals surface area (Å²) in [5.41, 5.74) is 1.66. The van der Waals surface area contributed by atoms with Gasteiger partial charge in [0.1, 0.15) is 0 Å². The number of anilines is 2. The highest BCUT2D eigenvalue weighted by molar-refractivity contribution is 9.10. The van der Waals surface area contributed by atoms with Crippen LogP contribution in [0.15, 0.2) is 39.4 Å². The van der Waals surface area contributed by atoms with Crippen molar-refractivity contribution in [2.24, 2.45) is 0 Å². The van der Waals surface area contributed by atoms with Crippen LogP contribution in [0.2, 0.25) is 0 Å². The zero-order valence-electron chi connectivity index (χ0n) is 13.7. The van der Waals surface area contributed by atoms with Gasteiger partial charge in [0.05, 0.1) is 23.5 Å². The fourth-order valence-corrected chi connectivity index (χ4v) is 3.35. The topological polar surface area (TPSA) is 58.0 Å². The van der Waals surface area contributed by atoms with Crippen LogP contribution in [0, 0.1) is 0 Å². The van der Waals surface area contributed by atoms with Crippen molar-refractivity contribution in [2.75, 3.05) is 50.6 Å². The van der Waals surface area contributed by atoms with Gasteiger partial charge in [-0.05, 0) is 47.2 Å². The van der Waals surface area contributed by atoms with E-state index in [9.17, 15) is 4.79 Å². The fourth-order valence-electron chi connectivity index (χ4n) is 2.74. The maximum atomic E-state index is 12.2. The van der Waals surface area contributed by atoms with Gasteiger partial charge in [-0.1, -0.05) is 0 Å². The summed E-state index contributed by atoms with van der Waals surface area (Å²) in [6.45, 7) is 3.80. The smallest absolute Gasteiger partial charge is 0.291 e. The molecule has 1 fully saturated rings. The van der Waals surface area contributed by atoms with Crippen molar-refractivity contribution >= 4 is 33.2 Å². The standard InChI is InChI=1S/C17H20BrN3O3/c1-20-5-7-21(8-6-20)14-11-12(10-13(18)16(14)23-2)19-17(22)15-4-3-9-24-15/h3-4,9-11H,5-8H2,1-2H3,(H,19,22). The Morgan fingerprint density at radius 2 is 2.04 bits per heavy atom. The number of carbonyl (C=O) groups excluding carboxylic acids is 1. The highest BCUT2D eigenvalue weighted by atomic mass is 79.9. The Bertz CT molecular complexity index is 710. The van der Waals surface area contributed by atoms with Gasteiger partial charge >= 0.3 is 0 Å². The average Bonchev–Trinajstić information content (AvgIpc) is 3.09. The van der Waals surface area contributed by atoms with Crippen molar-refractivity contribution in [3.8, 4) is 5.75 Å². The van der Waals surface area contributed by atoms with Gasteiger partial charge in [-0.25, -0.2) is 0 Å². The third-order valence-electron chi connectivity index (χ3n) is 4.07. The second kappa shape index (κ2) is 7.27. The second-order valence-electron chi connectivity index (χ2n) is 5.73. The quantitative estimate of drug-likeness (QED) is 0.864. The molecule has 128 valence electrons. The third kappa shape index (κ3) is 3.57. The molecule has 2 aromatic rings. The van der Waals surface area contributed by atoms with Crippen LogP contribution in [0.1, 0.15) is 10.6 Å². The summed E-state index contributed by atoms with van der Waals surface area (Å²) in [7, 11) is 3.77. The van der Waals surface area contributed by atoms with E-state index in [1.807, 2.05) is 12.1 Å². The largest absolute Gasteiger partial charge is 0.493 e. The average molecular weight is 394 g/mol. The summed E-state index contributed by atoms with van der Waals surface area (Å²) in [4.78, 5) is 16.8. The number of carbonyl (C=O) groups is 1. The lowest BCUT2D eigenvalue weighted by molar-refractivity contribution is 0.0996. The van der Waals surface area contributed by atoms with E-state index >= 15 is 0 Å². The van der Waals surface area contributed by atoms with Crippen molar-refractivity contribution in [2.45, 2.75) is 0 Å². The lowest BCUT2D eigenvalue weighted by atomic mass is 10.2. The highest BCUT2D eigenvalue weighted by Crippen LogP contribution is 2.39. The third-order valence-corrected chi connectivity index (χ3v) is 4.66. The van der Waals surface area contributed by atoms with Crippen LogP contribution in [0.25, 0.3) is 0 Å². The van der Waals surface area contributed by atoms with Crippen molar-refractivity contribution in [3.05, 3.63) is 40.8 Å². The highest BCUT2D eigenvalue weighted by Gasteiger charge is 2.21. The number of benzene rings is 1. The molecule has 0 radical (unpaired) electrons. The molecule has 6 nitrogen and oxygen atoms in total. The number of furan rings is 1. The second-order valence-corrected chi connectivity index (χ2v) is 6.59. The molecule has 24 heavy (non-hydrogen) atoms. The van der Waals surface area contributed by atoms with Crippen LogP contribution in [-0.4, -0.2) is 51.1 Å². The summed E-state index contributed by atoms with van der Waals surface area (Å²) < 4.78 is 11.5. The van der Waals surface area contributed by atoms with Crippen molar-refractivity contribution in [3.63, 3.8) is 0 Å². The van der Waals surface area contributed by atoms with Crippen LogP contribution in [0.5, 0.6) is 5.75 Å². The van der Waals surface area contributed by atoms with Gasteiger partial charge in [0.25, 0.3) is 5.91 Å². The number of hydrogen-bond acceptors (Lipinski definition) is 5. The van der Waals surface area contributed by atoms with Gasteiger partial charge in [0.15, 0.2) is 11.5 Å². The maximum absolute atomic E-state index is 12.2. The molecule has 0 saturated carbocycles. The Labute approximate surface area is 149 Å².